The minimum Gasteiger partial charge on any atom is -0.351 e. The number of hydrogen-bond donors (Lipinski definition) is 3. The summed E-state index contributed by atoms with van der Waals surface area (Å²) in [7, 11) is 0. The Labute approximate surface area is 111 Å². The van der Waals surface area contributed by atoms with Gasteiger partial charge in [-0.3, -0.25) is 9.59 Å². The number of carbonyl (C=O) groups excluding carboxylic acids is 1. The summed E-state index contributed by atoms with van der Waals surface area (Å²) in [5.41, 5.74) is 6.37. The highest BCUT2D eigenvalue weighted by atomic mass is 32.1. The fourth-order valence-corrected chi connectivity index (χ4v) is 2.23. The molecular formula is C12H21N3O2S. The summed E-state index contributed by atoms with van der Waals surface area (Å²) < 4.78 is 0. The van der Waals surface area contributed by atoms with Gasteiger partial charge in [-0.2, -0.15) is 0 Å². The third-order valence-electron chi connectivity index (χ3n) is 2.90. The van der Waals surface area contributed by atoms with Crippen LogP contribution in [0.15, 0.2) is 10.2 Å². The summed E-state index contributed by atoms with van der Waals surface area (Å²) in [6, 6.07) is 0. The van der Waals surface area contributed by atoms with Gasteiger partial charge in [0, 0.05) is 17.5 Å². The summed E-state index contributed by atoms with van der Waals surface area (Å²) >= 11 is 1.10. The molecule has 1 aromatic heterocycles. The Morgan fingerprint density at radius 3 is 2.78 bits per heavy atom. The van der Waals surface area contributed by atoms with Crippen LogP contribution in [0, 0.1) is 5.41 Å². The molecule has 0 aliphatic heterocycles. The maximum absolute atomic E-state index is 11.6. The largest absolute Gasteiger partial charge is 0.351 e. The number of nitrogens with two attached hydrogens (primary N) is 1. The molecule has 0 radical (unpaired) electrons. The van der Waals surface area contributed by atoms with Gasteiger partial charge in [0.25, 0.3) is 0 Å². The first-order valence-electron chi connectivity index (χ1n) is 6.06. The van der Waals surface area contributed by atoms with Crippen molar-refractivity contribution < 1.29 is 4.79 Å². The van der Waals surface area contributed by atoms with Crippen LogP contribution in [-0.2, 0) is 11.3 Å². The number of carbonyl (C=O) groups is 1. The molecule has 0 aromatic carbocycles. The molecule has 0 aliphatic rings. The predicted octanol–water partition coefficient (Wildman–Crippen LogP) is 1.21. The average molecular weight is 271 g/mol. The van der Waals surface area contributed by atoms with Crippen molar-refractivity contribution in [1.29, 1.82) is 0 Å². The van der Waals surface area contributed by atoms with Crippen LogP contribution in [0.3, 0.4) is 0 Å². The Balaban J connectivity index is 2.28. The third kappa shape index (κ3) is 5.46. The molecule has 18 heavy (non-hydrogen) atoms. The van der Waals surface area contributed by atoms with Crippen LogP contribution in [0.5, 0.6) is 0 Å². The first-order valence-corrected chi connectivity index (χ1v) is 6.94. The van der Waals surface area contributed by atoms with Gasteiger partial charge in [-0.15, -0.1) is 0 Å². The van der Waals surface area contributed by atoms with E-state index in [2.05, 4.69) is 24.1 Å². The van der Waals surface area contributed by atoms with Gasteiger partial charge in [0.1, 0.15) is 0 Å². The Morgan fingerprint density at radius 2 is 2.22 bits per heavy atom. The van der Waals surface area contributed by atoms with Crippen LogP contribution in [-0.4, -0.2) is 17.4 Å². The zero-order chi connectivity index (χ0) is 13.6. The van der Waals surface area contributed by atoms with Crippen LogP contribution in [0.2, 0.25) is 0 Å². The quantitative estimate of drug-likeness (QED) is 0.696. The van der Waals surface area contributed by atoms with Gasteiger partial charge >= 0.3 is 4.87 Å². The molecule has 0 fully saturated rings. The molecule has 0 saturated carbocycles. The van der Waals surface area contributed by atoms with E-state index in [0.29, 0.717) is 19.5 Å². The predicted molar refractivity (Wildman–Crippen MR) is 73.5 cm³/mol. The molecule has 0 atom stereocenters. The molecule has 0 spiro atoms. The van der Waals surface area contributed by atoms with E-state index in [0.717, 1.165) is 29.9 Å². The highest BCUT2D eigenvalue weighted by Gasteiger charge is 2.18. The summed E-state index contributed by atoms with van der Waals surface area (Å²) in [5, 5.41) is 4.52. The number of aromatic amines is 1. The van der Waals surface area contributed by atoms with Crippen molar-refractivity contribution in [1.82, 2.24) is 10.3 Å². The minimum atomic E-state index is -0.0941. The van der Waals surface area contributed by atoms with Crippen molar-refractivity contribution in [3.8, 4) is 0 Å². The van der Waals surface area contributed by atoms with Crippen molar-refractivity contribution in [2.45, 2.75) is 39.7 Å². The van der Waals surface area contributed by atoms with E-state index in [-0.39, 0.29) is 16.2 Å². The molecule has 1 aromatic rings. The van der Waals surface area contributed by atoms with Crippen molar-refractivity contribution in [2.24, 2.45) is 11.1 Å². The van der Waals surface area contributed by atoms with Crippen LogP contribution in [0.1, 0.15) is 38.8 Å². The number of nitrogens with one attached hydrogen (secondary N) is 2. The van der Waals surface area contributed by atoms with Crippen LogP contribution in [0.4, 0.5) is 0 Å². The van der Waals surface area contributed by atoms with E-state index >= 15 is 0 Å². The lowest BCUT2D eigenvalue weighted by Crippen LogP contribution is -2.26. The van der Waals surface area contributed by atoms with Crippen LogP contribution in [0.25, 0.3) is 0 Å². The zero-order valence-electron chi connectivity index (χ0n) is 10.9. The van der Waals surface area contributed by atoms with Gasteiger partial charge in [0.15, 0.2) is 0 Å². The van der Waals surface area contributed by atoms with E-state index < -0.39 is 0 Å². The third-order valence-corrected chi connectivity index (χ3v) is 3.62. The van der Waals surface area contributed by atoms with Crippen molar-refractivity contribution in [2.75, 3.05) is 6.54 Å². The molecule has 0 bridgehead atoms. The molecule has 102 valence electrons. The molecule has 1 heterocycles. The lowest BCUT2D eigenvalue weighted by Gasteiger charge is -2.23. The van der Waals surface area contributed by atoms with Crippen LogP contribution < -0.4 is 15.9 Å². The van der Waals surface area contributed by atoms with Gasteiger partial charge in [0.05, 0.1) is 6.54 Å². The number of rotatable bonds is 7. The molecule has 1 rings (SSSR count). The first kappa shape index (κ1) is 14.9. The molecular weight excluding hydrogens is 250 g/mol. The first-order chi connectivity index (χ1) is 8.43. The van der Waals surface area contributed by atoms with Crippen molar-refractivity contribution in [3.63, 3.8) is 0 Å². The lowest BCUT2D eigenvalue weighted by molar-refractivity contribution is -0.121. The Kier molecular flexibility index (Phi) is 5.55. The number of hydrogen-bond acceptors (Lipinski definition) is 4. The van der Waals surface area contributed by atoms with Crippen molar-refractivity contribution in [3.05, 3.63) is 20.7 Å². The fraction of sp³-hybridized carbons (Fsp3) is 0.667. The number of amides is 1. The smallest absolute Gasteiger partial charge is 0.304 e. The normalized spacial score (nSPS) is 11.5. The maximum atomic E-state index is 11.6. The number of thiazole rings is 1. The topological polar surface area (TPSA) is 88.0 Å². The summed E-state index contributed by atoms with van der Waals surface area (Å²) in [4.78, 5) is 25.1. The van der Waals surface area contributed by atoms with Gasteiger partial charge in [0.2, 0.25) is 5.91 Å². The van der Waals surface area contributed by atoms with E-state index in [1.54, 1.807) is 5.38 Å². The van der Waals surface area contributed by atoms with Gasteiger partial charge in [-0.1, -0.05) is 25.2 Å². The van der Waals surface area contributed by atoms with E-state index in [4.69, 9.17) is 5.73 Å². The standard InChI is InChI=1S/C12H21N3O2S/c1-12(2,5-6-13)4-3-10(16)14-7-9-8-18-11(17)15-9/h8H,3-7,13H2,1-2H3,(H,14,16)(H,15,17). The Morgan fingerprint density at radius 1 is 1.50 bits per heavy atom. The average Bonchev–Trinajstić information content (AvgIpc) is 2.70. The molecule has 0 aliphatic carbocycles. The monoisotopic (exact) mass is 271 g/mol. The van der Waals surface area contributed by atoms with Crippen LogP contribution >= 0.6 is 11.3 Å². The van der Waals surface area contributed by atoms with Gasteiger partial charge in [-0.05, 0) is 24.8 Å². The second-order valence-corrected chi connectivity index (χ2v) is 6.00. The van der Waals surface area contributed by atoms with Crippen molar-refractivity contribution >= 4 is 17.2 Å². The van der Waals surface area contributed by atoms with Gasteiger partial charge in [-0.25, -0.2) is 0 Å². The number of H-pyrrole nitrogens is 1. The molecule has 6 heteroatoms. The summed E-state index contributed by atoms with van der Waals surface area (Å²) in [6.45, 7) is 5.26. The Hall–Kier alpha value is -1.14. The maximum Gasteiger partial charge on any atom is 0.304 e. The fourth-order valence-electron chi connectivity index (χ4n) is 1.65. The van der Waals surface area contributed by atoms with E-state index in [9.17, 15) is 9.59 Å². The molecule has 0 saturated heterocycles. The van der Waals surface area contributed by atoms with E-state index in [1.165, 1.54) is 0 Å². The molecule has 0 unspecified atom stereocenters. The lowest BCUT2D eigenvalue weighted by atomic mass is 9.84. The molecule has 5 nitrogen and oxygen atoms in total. The zero-order valence-corrected chi connectivity index (χ0v) is 11.7. The number of aromatic nitrogens is 1. The second-order valence-electron chi connectivity index (χ2n) is 5.15. The minimum absolute atomic E-state index is 0.00662. The Bertz CT molecular complexity index is 437. The highest BCUT2D eigenvalue weighted by Crippen LogP contribution is 2.25. The summed E-state index contributed by atoms with van der Waals surface area (Å²) in [5.74, 6) is 0.00662. The second kappa shape index (κ2) is 6.70. The van der Waals surface area contributed by atoms with E-state index in [1.807, 2.05) is 0 Å². The SMILES string of the molecule is CC(C)(CCN)CCC(=O)NCc1csc(=O)[nH]1. The summed E-state index contributed by atoms with van der Waals surface area (Å²) in [6.07, 6.45) is 2.22. The molecule has 4 N–H and O–H groups in total. The van der Waals surface area contributed by atoms with Gasteiger partial charge < -0.3 is 16.0 Å². The highest BCUT2D eigenvalue weighted by molar-refractivity contribution is 7.07. The molecule has 1 amide bonds.